The van der Waals surface area contributed by atoms with E-state index in [1.54, 1.807) is 0 Å². The van der Waals surface area contributed by atoms with Crippen LogP contribution in [0.25, 0.3) is 0 Å². The fourth-order valence-corrected chi connectivity index (χ4v) is 4.24. The summed E-state index contributed by atoms with van der Waals surface area (Å²) in [4.78, 5) is 12.4. The summed E-state index contributed by atoms with van der Waals surface area (Å²) < 4.78 is 24.0. The SMILES string of the molecule is O=C(Oc1ccc(F)cc1)[C@@H]1O[C@H]1c1ccccc1CCCCCCCCc1ccccc1. The number of carbonyl (C=O) groups excluding carboxylic acids is 1. The van der Waals surface area contributed by atoms with E-state index in [0.717, 1.165) is 18.4 Å². The number of unbranched alkanes of at least 4 members (excludes halogenated alkanes) is 5. The van der Waals surface area contributed by atoms with Crippen molar-refractivity contribution in [2.45, 2.75) is 63.6 Å². The first kappa shape index (κ1) is 23.2. The molecule has 0 radical (unpaired) electrons. The van der Waals surface area contributed by atoms with Crippen molar-refractivity contribution in [3.05, 3.63) is 101 Å². The molecule has 3 aromatic rings. The number of halogens is 1. The van der Waals surface area contributed by atoms with Gasteiger partial charge in [0.15, 0.2) is 6.10 Å². The predicted molar refractivity (Wildman–Crippen MR) is 128 cm³/mol. The largest absolute Gasteiger partial charge is 0.425 e. The zero-order chi connectivity index (χ0) is 22.9. The van der Waals surface area contributed by atoms with Gasteiger partial charge >= 0.3 is 5.97 Å². The third kappa shape index (κ3) is 7.00. The Morgan fingerprint density at radius 1 is 0.758 bits per heavy atom. The van der Waals surface area contributed by atoms with Crippen molar-refractivity contribution in [1.82, 2.24) is 0 Å². The molecule has 4 rings (SSSR count). The van der Waals surface area contributed by atoms with Gasteiger partial charge in [-0.05, 0) is 66.6 Å². The summed E-state index contributed by atoms with van der Waals surface area (Å²) in [6.45, 7) is 0. The second kappa shape index (κ2) is 11.8. The molecule has 0 amide bonds. The highest BCUT2D eigenvalue weighted by Gasteiger charge is 2.48. The van der Waals surface area contributed by atoms with Crippen LogP contribution in [0.5, 0.6) is 5.75 Å². The van der Waals surface area contributed by atoms with Crippen LogP contribution < -0.4 is 4.74 Å². The highest BCUT2D eigenvalue weighted by Crippen LogP contribution is 2.41. The molecule has 1 aliphatic rings. The number of ether oxygens (including phenoxy) is 2. The molecule has 1 aliphatic heterocycles. The molecular weight excluding hydrogens is 415 g/mol. The first-order chi connectivity index (χ1) is 16.2. The highest BCUT2D eigenvalue weighted by atomic mass is 19.1. The van der Waals surface area contributed by atoms with Gasteiger partial charge in [-0.2, -0.15) is 0 Å². The van der Waals surface area contributed by atoms with Crippen LogP contribution in [-0.4, -0.2) is 12.1 Å². The number of rotatable bonds is 12. The minimum atomic E-state index is -0.596. The summed E-state index contributed by atoms with van der Waals surface area (Å²) in [6, 6.07) is 24.3. The number of aryl methyl sites for hydroxylation is 2. The van der Waals surface area contributed by atoms with Crippen molar-refractivity contribution in [2.75, 3.05) is 0 Å². The van der Waals surface area contributed by atoms with Crippen LogP contribution in [0.15, 0.2) is 78.9 Å². The van der Waals surface area contributed by atoms with Crippen molar-refractivity contribution in [3.8, 4) is 5.75 Å². The van der Waals surface area contributed by atoms with Crippen LogP contribution in [0, 0.1) is 5.82 Å². The Labute approximate surface area is 195 Å². The summed E-state index contributed by atoms with van der Waals surface area (Å²) in [5.74, 6) is -0.471. The van der Waals surface area contributed by atoms with Crippen LogP contribution in [0.1, 0.15) is 61.3 Å². The maximum absolute atomic E-state index is 13.0. The molecule has 33 heavy (non-hydrogen) atoms. The van der Waals surface area contributed by atoms with E-state index in [0.29, 0.717) is 5.75 Å². The Balaban J connectivity index is 1.16. The van der Waals surface area contributed by atoms with Gasteiger partial charge in [-0.15, -0.1) is 0 Å². The number of epoxide rings is 1. The fourth-order valence-electron chi connectivity index (χ4n) is 4.24. The minimum Gasteiger partial charge on any atom is -0.425 e. The van der Waals surface area contributed by atoms with Gasteiger partial charge in [-0.3, -0.25) is 0 Å². The lowest BCUT2D eigenvalue weighted by atomic mass is 9.97. The summed E-state index contributed by atoms with van der Waals surface area (Å²) in [5, 5.41) is 0. The molecule has 172 valence electrons. The first-order valence-corrected chi connectivity index (χ1v) is 11.9. The molecule has 1 fully saturated rings. The van der Waals surface area contributed by atoms with E-state index in [9.17, 15) is 9.18 Å². The molecule has 2 atom stereocenters. The highest BCUT2D eigenvalue weighted by molar-refractivity contribution is 5.80. The average Bonchev–Trinajstić information content (AvgIpc) is 3.64. The molecule has 0 unspecified atom stereocenters. The summed E-state index contributed by atoms with van der Waals surface area (Å²) in [7, 11) is 0. The van der Waals surface area contributed by atoms with E-state index in [-0.39, 0.29) is 11.9 Å². The van der Waals surface area contributed by atoms with E-state index in [2.05, 4.69) is 36.4 Å². The smallest absolute Gasteiger partial charge is 0.343 e. The van der Waals surface area contributed by atoms with Crippen molar-refractivity contribution in [2.24, 2.45) is 0 Å². The van der Waals surface area contributed by atoms with Gasteiger partial charge in [0.05, 0.1) is 0 Å². The maximum atomic E-state index is 13.0. The molecule has 3 aromatic carbocycles. The van der Waals surface area contributed by atoms with Gasteiger partial charge in [0, 0.05) is 0 Å². The molecule has 1 heterocycles. The monoisotopic (exact) mass is 446 g/mol. The summed E-state index contributed by atoms with van der Waals surface area (Å²) in [6.07, 6.45) is 8.70. The molecule has 0 aliphatic carbocycles. The third-order valence-electron chi connectivity index (χ3n) is 6.12. The lowest BCUT2D eigenvalue weighted by Crippen LogP contribution is -2.15. The van der Waals surface area contributed by atoms with E-state index < -0.39 is 12.1 Å². The minimum absolute atomic E-state index is 0.257. The molecule has 1 saturated heterocycles. The topological polar surface area (TPSA) is 38.8 Å². The summed E-state index contributed by atoms with van der Waals surface area (Å²) >= 11 is 0. The molecule has 0 N–H and O–H groups in total. The zero-order valence-corrected chi connectivity index (χ0v) is 18.9. The van der Waals surface area contributed by atoms with Crippen molar-refractivity contribution in [1.29, 1.82) is 0 Å². The van der Waals surface area contributed by atoms with Crippen LogP contribution in [0.4, 0.5) is 4.39 Å². The van der Waals surface area contributed by atoms with E-state index in [1.807, 2.05) is 18.2 Å². The van der Waals surface area contributed by atoms with Crippen LogP contribution in [-0.2, 0) is 22.4 Å². The lowest BCUT2D eigenvalue weighted by molar-refractivity contribution is -0.135. The number of esters is 1. The normalized spacial score (nSPS) is 17.0. The van der Waals surface area contributed by atoms with Gasteiger partial charge in [-0.25, -0.2) is 9.18 Å². The van der Waals surface area contributed by atoms with Crippen LogP contribution >= 0.6 is 0 Å². The van der Waals surface area contributed by atoms with Crippen molar-refractivity contribution < 1.29 is 18.7 Å². The Morgan fingerprint density at radius 2 is 1.39 bits per heavy atom. The molecule has 0 saturated carbocycles. The lowest BCUT2D eigenvalue weighted by Gasteiger charge is -2.08. The van der Waals surface area contributed by atoms with E-state index in [4.69, 9.17) is 9.47 Å². The van der Waals surface area contributed by atoms with Crippen molar-refractivity contribution in [3.63, 3.8) is 0 Å². The first-order valence-electron chi connectivity index (χ1n) is 11.9. The van der Waals surface area contributed by atoms with Gasteiger partial charge in [0.1, 0.15) is 17.7 Å². The van der Waals surface area contributed by atoms with E-state index >= 15 is 0 Å². The fraction of sp³-hybridized carbons (Fsp3) is 0.345. The van der Waals surface area contributed by atoms with E-state index in [1.165, 1.54) is 73.9 Å². The second-order valence-electron chi connectivity index (χ2n) is 8.66. The van der Waals surface area contributed by atoms with Gasteiger partial charge in [-0.1, -0.05) is 80.3 Å². The summed E-state index contributed by atoms with van der Waals surface area (Å²) in [5.41, 5.74) is 3.74. The van der Waals surface area contributed by atoms with Gasteiger partial charge in [0.2, 0.25) is 0 Å². The molecule has 0 spiro atoms. The molecule has 0 aromatic heterocycles. The van der Waals surface area contributed by atoms with Crippen LogP contribution in [0.2, 0.25) is 0 Å². The molecule has 0 bridgehead atoms. The average molecular weight is 447 g/mol. The Kier molecular flexibility index (Phi) is 8.26. The van der Waals surface area contributed by atoms with Crippen LogP contribution in [0.3, 0.4) is 0 Å². The Morgan fingerprint density at radius 3 is 2.15 bits per heavy atom. The number of benzene rings is 3. The third-order valence-corrected chi connectivity index (χ3v) is 6.12. The predicted octanol–water partition coefficient (Wildman–Crippen LogP) is 7.00. The Bertz CT molecular complexity index is 1020. The Hall–Kier alpha value is -2.98. The maximum Gasteiger partial charge on any atom is 0.343 e. The molecule has 4 heteroatoms. The standard InChI is InChI=1S/C29H31FO3/c30-24-18-20-25(21-19-24)32-29(31)28-27(33-28)26-17-11-10-16-23(26)15-9-4-2-1-3-6-12-22-13-7-5-8-14-22/h5,7-8,10-11,13-14,16-21,27-28H,1-4,6,9,12,15H2/t27-,28+/m0/s1. The zero-order valence-electron chi connectivity index (χ0n) is 18.9. The second-order valence-corrected chi connectivity index (χ2v) is 8.66. The number of hydrogen-bond donors (Lipinski definition) is 0. The van der Waals surface area contributed by atoms with Crippen molar-refractivity contribution >= 4 is 5.97 Å². The number of carbonyl (C=O) groups is 1. The molecule has 3 nitrogen and oxygen atoms in total. The van der Waals surface area contributed by atoms with Gasteiger partial charge < -0.3 is 9.47 Å². The molecular formula is C29H31FO3. The quantitative estimate of drug-likeness (QED) is 0.130. The number of hydrogen-bond acceptors (Lipinski definition) is 3. The van der Waals surface area contributed by atoms with Gasteiger partial charge in [0.25, 0.3) is 0 Å².